The summed E-state index contributed by atoms with van der Waals surface area (Å²) >= 11 is 0. The molecule has 6 N–H and O–H groups in total. The van der Waals surface area contributed by atoms with Gasteiger partial charge in [-0.1, -0.05) is 55.8 Å². The third-order valence-corrected chi connectivity index (χ3v) is 4.63. The first-order chi connectivity index (χ1) is 15.1. The minimum atomic E-state index is -0.230. The maximum Gasteiger partial charge on any atom is 0.319 e. The van der Waals surface area contributed by atoms with Crippen LogP contribution in [0.3, 0.4) is 0 Å². The molecule has 3 rings (SSSR count). The van der Waals surface area contributed by atoms with Gasteiger partial charge in [0.2, 0.25) is 5.95 Å². The number of nitrogens with two attached hydrogens (primary N) is 2. The fraction of sp³-hybridized carbons (Fsp3) is 0.261. The van der Waals surface area contributed by atoms with Crippen molar-refractivity contribution in [3.8, 4) is 11.1 Å². The van der Waals surface area contributed by atoms with Crippen molar-refractivity contribution in [2.45, 2.75) is 33.0 Å². The average molecular weight is 421 g/mol. The fourth-order valence-electron chi connectivity index (χ4n) is 3.08. The summed E-state index contributed by atoms with van der Waals surface area (Å²) < 4.78 is 5.83. The van der Waals surface area contributed by atoms with Crippen molar-refractivity contribution in [3.63, 3.8) is 0 Å². The number of unbranched alkanes of at least 4 members (excludes halogenated alkanes) is 1. The number of benzene rings is 2. The number of nitrogen functional groups attached to an aromatic ring is 2. The van der Waals surface area contributed by atoms with E-state index in [2.05, 4.69) is 27.5 Å². The number of carbonyl (C=O) groups is 1. The van der Waals surface area contributed by atoms with Crippen LogP contribution < -0.4 is 22.1 Å². The van der Waals surface area contributed by atoms with Crippen molar-refractivity contribution in [2.24, 2.45) is 0 Å². The minimum Gasteiger partial charge on any atom is -0.383 e. The van der Waals surface area contributed by atoms with Crippen LogP contribution in [-0.4, -0.2) is 22.5 Å². The van der Waals surface area contributed by atoms with Crippen molar-refractivity contribution in [1.29, 1.82) is 0 Å². The van der Waals surface area contributed by atoms with Gasteiger partial charge in [-0.3, -0.25) is 0 Å². The Morgan fingerprint density at radius 2 is 1.74 bits per heavy atom. The van der Waals surface area contributed by atoms with Crippen LogP contribution in [0.1, 0.15) is 31.0 Å². The topological polar surface area (TPSA) is 128 Å². The van der Waals surface area contributed by atoms with Crippen LogP contribution in [0, 0.1) is 0 Å². The Balaban J connectivity index is 1.71. The van der Waals surface area contributed by atoms with Crippen LogP contribution in [0.25, 0.3) is 11.1 Å². The summed E-state index contributed by atoms with van der Waals surface area (Å²) in [6, 6.07) is 17.0. The van der Waals surface area contributed by atoms with Gasteiger partial charge in [0.25, 0.3) is 0 Å². The number of hydrogen-bond acceptors (Lipinski definition) is 6. The Bertz CT molecular complexity index is 993. The summed E-state index contributed by atoms with van der Waals surface area (Å²) in [6.07, 6.45) is 1.97. The van der Waals surface area contributed by atoms with Gasteiger partial charge in [0, 0.05) is 17.8 Å². The SMILES string of the molecule is CCCCNC(=O)Nc1ccc(-c2c(N)nc(N)nc2COCc2ccccc2)cc1. The molecule has 0 aliphatic carbocycles. The predicted molar refractivity (Wildman–Crippen MR) is 123 cm³/mol. The van der Waals surface area contributed by atoms with Crippen molar-refractivity contribution >= 4 is 23.5 Å². The molecular weight excluding hydrogens is 392 g/mol. The lowest BCUT2D eigenvalue weighted by molar-refractivity contribution is 0.105. The summed E-state index contributed by atoms with van der Waals surface area (Å²) in [5.41, 5.74) is 15.8. The minimum absolute atomic E-state index is 0.0987. The highest BCUT2D eigenvalue weighted by Gasteiger charge is 2.14. The zero-order valence-electron chi connectivity index (χ0n) is 17.6. The lowest BCUT2D eigenvalue weighted by Gasteiger charge is -2.13. The predicted octanol–water partition coefficient (Wildman–Crippen LogP) is 3.95. The van der Waals surface area contributed by atoms with Gasteiger partial charge in [0.1, 0.15) is 5.82 Å². The second-order valence-electron chi connectivity index (χ2n) is 7.08. The number of aromatic nitrogens is 2. The Morgan fingerprint density at radius 1 is 1.00 bits per heavy atom. The largest absolute Gasteiger partial charge is 0.383 e. The molecule has 0 radical (unpaired) electrons. The van der Waals surface area contributed by atoms with E-state index < -0.39 is 0 Å². The summed E-state index contributed by atoms with van der Waals surface area (Å²) in [4.78, 5) is 20.4. The first kappa shape index (κ1) is 22.0. The Hall–Kier alpha value is -3.65. The highest BCUT2D eigenvalue weighted by molar-refractivity contribution is 5.89. The highest BCUT2D eigenvalue weighted by atomic mass is 16.5. The molecule has 2 aromatic carbocycles. The molecule has 0 fully saturated rings. The Kier molecular flexibility index (Phi) is 7.78. The van der Waals surface area contributed by atoms with E-state index in [1.807, 2.05) is 42.5 Å². The number of rotatable bonds is 9. The second-order valence-corrected chi connectivity index (χ2v) is 7.08. The molecule has 8 nitrogen and oxygen atoms in total. The molecule has 0 spiro atoms. The van der Waals surface area contributed by atoms with Crippen molar-refractivity contribution in [3.05, 3.63) is 65.9 Å². The number of amides is 2. The number of urea groups is 1. The van der Waals surface area contributed by atoms with Crippen molar-refractivity contribution in [1.82, 2.24) is 15.3 Å². The van der Waals surface area contributed by atoms with Crippen LogP contribution in [-0.2, 0) is 18.0 Å². The van der Waals surface area contributed by atoms with E-state index >= 15 is 0 Å². The van der Waals surface area contributed by atoms with Crippen LogP contribution >= 0.6 is 0 Å². The molecule has 0 aliphatic heterocycles. The van der Waals surface area contributed by atoms with Gasteiger partial charge in [-0.2, -0.15) is 4.98 Å². The van der Waals surface area contributed by atoms with Gasteiger partial charge in [-0.15, -0.1) is 0 Å². The van der Waals surface area contributed by atoms with Gasteiger partial charge in [0.05, 0.1) is 18.9 Å². The van der Waals surface area contributed by atoms with Gasteiger partial charge >= 0.3 is 6.03 Å². The van der Waals surface area contributed by atoms with Crippen LogP contribution in [0.2, 0.25) is 0 Å². The van der Waals surface area contributed by atoms with Gasteiger partial charge in [0.15, 0.2) is 0 Å². The van der Waals surface area contributed by atoms with E-state index in [9.17, 15) is 4.79 Å². The van der Waals surface area contributed by atoms with Crippen LogP contribution in [0.15, 0.2) is 54.6 Å². The maximum absolute atomic E-state index is 11.9. The van der Waals surface area contributed by atoms with Gasteiger partial charge < -0.3 is 26.8 Å². The van der Waals surface area contributed by atoms with E-state index in [-0.39, 0.29) is 24.4 Å². The molecule has 162 valence electrons. The molecule has 2 amide bonds. The fourth-order valence-corrected chi connectivity index (χ4v) is 3.08. The molecule has 31 heavy (non-hydrogen) atoms. The van der Waals surface area contributed by atoms with E-state index in [1.54, 1.807) is 12.1 Å². The van der Waals surface area contributed by atoms with Crippen LogP contribution in [0.5, 0.6) is 0 Å². The molecule has 0 saturated heterocycles. The zero-order chi connectivity index (χ0) is 22.1. The van der Waals surface area contributed by atoms with Crippen LogP contribution in [0.4, 0.5) is 22.2 Å². The van der Waals surface area contributed by atoms with E-state index in [0.717, 1.165) is 24.0 Å². The number of nitrogens with one attached hydrogen (secondary N) is 2. The van der Waals surface area contributed by atoms with Crippen molar-refractivity contribution < 1.29 is 9.53 Å². The molecule has 0 unspecified atom stereocenters. The smallest absolute Gasteiger partial charge is 0.319 e. The van der Waals surface area contributed by atoms with E-state index in [4.69, 9.17) is 16.2 Å². The average Bonchev–Trinajstić information content (AvgIpc) is 2.75. The second kappa shape index (κ2) is 10.9. The van der Waals surface area contributed by atoms with E-state index in [0.29, 0.717) is 30.1 Å². The molecule has 1 aromatic heterocycles. The number of hydrogen-bond donors (Lipinski definition) is 4. The highest BCUT2D eigenvalue weighted by Crippen LogP contribution is 2.30. The molecule has 1 heterocycles. The van der Waals surface area contributed by atoms with Crippen molar-refractivity contribution in [2.75, 3.05) is 23.3 Å². The maximum atomic E-state index is 11.9. The first-order valence-electron chi connectivity index (χ1n) is 10.3. The lowest BCUT2D eigenvalue weighted by Crippen LogP contribution is -2.29. The normalized spacial score (nSPS) is 10.6. The summed E-state index contributed by atoms with van der Waals surface area (Å²) in [5.74, 6) is 0.380. The Morgan fingerprint density at radius 3 is 2.45 bits per heavy atom. The molecule has 8 heteroatoms. The molecule has 0 aliphatic rings. The third kappa shape index (κ3) is 6.42. The third-order valence-electron chi connectivity index (χ3n) is 4.63. The number of carbonyl (C=O) groups excluding carboxylic acids is 1. The zero-order valence-corrected chi connectivity index (χ0v) is 17.6. The number of anilines is 3. The quantitative estimate of drug-likeness (QED) is 0.388. The molecule has 0 saturated carbocycles. The summed E-state index contributed by atoms with van der Waals surface area (Å²) in [7, 11) is 0. The molecule has 0 atom stereocenters. The first-order valence-corrected chi connectivity index (χ1v) is 10.3. The molecule has 0 bridgehead atoms. The lowest BCUT2D eigenvalue weighted by atomic mass is 10.0. The standard InChI is InChI=1S/C23H28N6O2/c1-2-3-13-26-23(30)27-18-11-9-17(10-12-18)20-19(28-22(25)29-21(20)24)15-31-14-16-7-5-4-6-8-16/h4-12H,2-3,13-15H2,1H3,(H2,26,27,30)(H4,24,25,28,29). The van der Waals surface area contributed by atoms with Gasteiger partial charge in [-0.25, -0.2) is 9.78 Å². The summed E-state index contributed by atoms with van der Waals surface area (Å²) in [6.45, 7) is 3.40. The monoisotopic (exact) mass is 420 g/mol. The van der Waals surface area contributed by atoms with Gasteiger partial charge in [-0.05, 0) is 29.7 Å². The van der Waals surface area contributed by atoms with E-state index in [1.165, 1.54) is 0 Å². The number of ether oxygens (including phenoxy) is 1. The Labute approximate surface area is 182 Å². The summed E-state index contributed by atoms with van der Waals surface area (Å²) in [5, 5.41) is 5.63. The molecular formula is C23H28N6O2. The molecule has 3 aromatic rings. The number of nitrogens with zero attached hydrogens (tertiary/aromatic N) is 2.